The van der Waals surface area contributed by atoms with Crippen LogP contribution in [0.1, 0.15) is 24.8 Å². The van der Waals surface area contributed by atoms with Crippen LogP contribution in [0.15, 0.2) is 48.5 Å². The van der Waals surface area contributed by atoms with Crippen molar-refractivity contribution in [3.63, 3.8) is 0 Å². The Morgan fingerprint density at radius 3 is 2.22 bits per heavy atom. The Kier molecular flexibility index (Phi) is 9.73. The number of para-hydroxylation sites is 1. The molecular formula is C27H31FO9. The molecule has 4 atom stereocenters. The number of halogens is 1. The minimum atomic E-state index is -1.86. The maximum atomic E-state index is 14.7. The topological polar surface area (TPSA) is 118 Å². The molecule has 0 aliphatic heterocycles. The maximum Gasteiger partial charge on any atom is 0.317 e. The number of Topliss-reactive ketones (excluding diaryl/α,β-unsaturated/α-hetero) is 1. The van der Waals surface area contributed by atoms with E-state index in [4.69, 9.17) is 23.7 Å². The highest BCUT2D eigenvalue weighted by molar-refractivity contribution is 6.02. The molecule has 9 nitrogen and oxygen atoms in total. The van der Waals surface area contributed by atoms with Crippen LogP contribution in [0.25, 0.3) is 0 Å². The van der Waals surface area contributed by atoms with Crippen molar-refractivity contribution < 1.29 is 47.6 Å². The van der Waals surface area contributed by atoms with Gasteiger partial charge in [0, 0.05) is 26.6 Å². The fourth-order valence-electron chi connectivity index (χ4n) is 4.47. The van der Waals surface area contributed by atoms with Gasteiger partial charge in [-0.25, -0.2) is 4.39 Å². The van der Waals surface area contributed by atoms with Crippen LogP contribution < -0.4 is 4.74 Å². The van der Waals surface area contributed by atoms with E-state index in [9.17, 15) is 23.9 Å². The van der Waals surface area contributed by atoms with Crippen molar-refractivity contribution in [2.45, 2.75) is 24.9 Å². The van der Waals surface area contributed by atoms with Crippen LogP contribution in [-0.2, 0) is 33.3 Å². The summed E-state index contributed by atoms with van der Waals surface area (Å²) in [6.07, 6.45) is -0.480. The average molecular weight is 519 g/mol. The highest BCUT2D eigenvalue weighted by Gasteiger charge is 2.57. The molecule has 0 heterocycles. The Balaban J connectivity index is 2.07. The zero-order valence-electron chi connectivity index (χ0n) is 21.0. The van der Waals surface area contributed by atoms with E-state index in [1.807, 2.05) is 0 Å². The maximum absolute atomic E-state index is 14.7. The van der Waals surface area contributed by atoms with E-state index in [1.165, 1.54) is 33.3 Å². The third kappa shape index (κ3) is 6.91. The minimum Gasteiger partial charge on any atom is -0.463 e. The van der Waals surface area contributed by atoms with Crippen LogP contribution in [0, 0.1) is 17.7 Å². The summed E-state index contributed by atoms with van der Waals surface area (Å²) in [4.78, 5) is 39.5. The first-order valence-corrected chi connectivity index (χ1v) is 11.8. The number of hydrogen-bond donors (Lipinski definition) is 1. The highest BCUT2D eigenvalue weighted by Crippen LogP contribution is 2.47. The quantitative estimate of drug-likeness (QED) is 0.272. The second-order valence-electron chi connectivity index (χ2n) is 8.91. The summed E-state index contributed by atoms with van der Waals surface area (Å²) >= 11 is 0. The molecule has 0 radical (unpaired) electrons. The minimum absolute atomic E-state index is 0.0999. The first-order chi connectivity index (χ1) is 17.7. The molecule has 10 heteroatoms. The molecule has 2 aromatic rings. The summed E-state index contributed by atoms with van der Waals surface area (Å²) in [6, 6.07) is 12.2. The number of methoxy groups -OCH3 is 2. The second-order valence-corrected chi connectivity index (χ2v) is 8.91. The number of hydrogen-bond acceptors (Lipinski definition) is 9. The van der Waals surface area contributed by atoms with Gasteiger partial charge in [0.2, 0.25) is 0 Å². The third-order valence-electron chi connectivity index (χ3n) is 6.15. The van der Waals surface area contributed by atoms with Gasteiger partial charge in [-0.3, -0.25) is 14.4 Å². The van der Waals surface area contributed by atoms with E-state index in [0.717, 1.165) is 6.07 Å². The van der Waals surface area contributed by atoms with E-state index in [0.29, 0.717) is 5.75 Å². The SMILES string of the molecule is COCCOC(=O)[C@@H]1C(=O)C[C@@](C)(O)[C@@H](C(=O)OCCOC)[C@H]1c1ccc(F)c(Oc2ccccc2)c1. The van der Waals surface area contributed by atoms with Crippen molar-refractivity contribution >= 4 is 17.7 Å². The van der Waals surface area contributed by atoms with Gasteiger partial charge in [-0.15, -0.1) is 0 Å². The van der Waals surface area contributed by atoms with E-state index < -0.39 is 53.3 Å². The van der Waals surface area contributed by atoms with E-state index in [1.54, 1.807) is 30.3 Å². The van der Waals surface area contributed by atoms with Crippen LogP contribution in [-0.4, -0.2) is 69.1 Å². The van der Waals surface area contributed by atoms with Gasteiger partial charge in [0.1, 0.15) is 24.9 Å². The van der Waals surface area contributed by atoms with Crippen LogP contribution in [0.2, 0.25) is 0 Å². The Morgan fingerprint density at radius 2 is 1.59 bits per heavy atom. The number of ether oxygens (including phenoxy) is 5. The highest BCUT2D eigenvalue weighted by atomic mass is 19.1. The smallest absolute Gasteiger partial charge is 0.317 e. The second kappa shape index (κ2) is 12.8. The molecule has 1 aliphatic rings. The fraction of sp³-hybridized carbons (Fsp3) is 0.444. The van der Waals surface area contributed by atoms with E-state index >= 15 is 0 Å². The molecule has 3 rings (SSSR count). The van der Waals surface area contributed by atoms with Gasteiger partial charge in [-0.05, 0) is 36.8 Å². The van der Waals surface area contributed by atoms with Gasteiger partial charge in [-0.2, -0.15) is 0 Å². The Morgan fingerprint density at radius 1 is 0.973 bits per heavy atom. The van der Waals surface area contributed by atoms with E-state index in [2.05, 4.69) is 0 Å². The predicted octanol–water partition coefficient (Wildman–Crippen LogP) is 3.04. The fourth-order valence-corrected chi connectivity index (χ4v) is 4.47. The molecular weight excluding hydrogens is 487 g/mol. The number of carbonyl (C=O) groups is 3. The Bertz CT molecular complexity index is 1090. The first-order valence-electron chi connectivity index (χ1n) is 11.8. The van der Waals surface area contributed by atoms with Gasteiger partial charge in [0.15, 0.2) is 17.3 Å². The van der Waals surface area contributed by atoms with Crippen LogP contribution in [0.5, 0.6) is 11.5 Å². The largest absolute Gasteiger partial charge is 0.463 e. The summed E-state index contributed by atoms with van der Waals surface area (Å²) in [5.74, 6) is -6.87. The molecule has 0 spiro atoms. The van der Waals surface area contributed by atoms with Crippen LogP contribution >= 0.6 is 0 Å². The van der Waals surface area contributed by atoms with Crippen molar-refractivity contribution in [2.24, 2.45) is 11.8 Å². The molecule has 1 saturated carbocycles. The molecule has 0 amide bonds. The van der Waals surface area contributed by atoms with Crippen molar-refractivity contribution in [3.05, 3.63) is 59.9 Å². The normalized spacial score (nSPS) is 23.4. The summed E-state index contributed by atoms with van der Waals surface area (Å²) in [5, 5.41) is 11.2. The zero-order chi connectivity index (χ0) is 27.0. The van der Waals surface area contributed by atoms with E-state index in [-0.39, 0.29) is 37.7 Å². The molecule has 1 fully saturated rings. The van der Waals surface area contributed by atoms with Gasteiger partial charge >= 0.3 is 11.9 Å². The summed E-state index contributed by atoms with van der Waals surface area (Å²) < 4.78 is 40.8. The molecule has 200 valence electrons. The summed E-state index contributed by atoms with van der Waals surface area (Å²) in [5.41, 5.74) is -1.63. The van der Waals surface area contributed by atoms with Gasteiger partial charge in [0.05, 0.1) is 24.7 Å². The number of ketones is 1. The average Bonchev–Trinajstić information content (AvgIpc) is 2.85. The van der Waals surface area contributed by atoms with Crippen LogP contribution in [0.4, 0.5) is 4.39 Å². The van der Waals surface area contributed by atoms with Crippen molar-refractivity contribution in [1.82, 2.24) is 0 Å². The molecule has 1 aliphatic carbocycles. The molecule has 0 unspecified atom stereocenters. The van der Waals surface area contributed by atoms with Crippen molar-refractivity contribution in [1.29, 1.82) is 0 Å². The Labute approximate surface area is 214 Å². The number of carbonyl (C=O) groups excluding carboxylic acids is 3. The summed E-state index contributed by atoms with van der Waals surface area (Å²) in [7, 11) is 2.86. The molecule has 0 aromatic heterocycles. The number of esters is 2. The lowest BCUT2D eigenvalue weighted by Crippen LogP contribution is -2.55. The van der Waals surface area contributed by atoms with Gasteiger partial charge in [0.25, 0.3) is 0 Å². The lowest BCUT2D eigenvalue weighted by molar-refractivity contribution is -0.174. The lowest BCUT2D eigenvalue weighted by atomic mass is 9.61. The molecule has 2 aromatic carbocycles. The van der Waals surface area contributed by atoms with Crippen molar-refractivity contribution in [3.8, 4) is 11.5 Å². The van der Waals surface area contributed by atoms with Crippen molar-refractivity contribution in [2.75, 3.05) is 40.6 Å². The Hall–Kier alpha value is -3.34. The standard InChI is InChI=1S/C27H31FO9/c1-27(32)16-20(29)23(25(30)35-13-11-33-2)22(24(27)26(31)36-14-12-34-3)17-9-10-19(28)21(15-17)37-18-7-5-4-6-8-18/h4-10,15,22-24,32H,11-14,16H2,1-3H3/t22-,23+,24+,27+/m0/s1. The molecule has 37 heavy (non-hydrogen) atoms. The molecule has 0 saturated heterocycles. The van der Waals surface area contributed by atoms with Gasteiger partial charge < -0.3 is 28.8 Å². The van der Waals surface area contributed by atoms with Gasteiger partial charge in [-0.1, -0.05) is 24.3 Å². The summed E-state index contributed by atoms with van der Waals surface area (Å²) in [6.45, 7) is 1.33. The molecule has 0 bridgehead atoms. The third-order valence-corrected chi connectivity index (χ3v) is 6.15. The number of rotatable bonds is 11. The number of aliphatic hydroxyl groups is 1. The molecule has 1 N–H and O–H groups in total. The lowest BCUT2D eigenvalue weighted by Gasteiger charge is -2.43. The number of benzene rings is 2. The first kappa shape index (κ1) is 28.2. The predicted molar refractivity (Wildman–Crippen MR) is 129 cm³/mol. The zero-order valence-corrected chi connectivity index (χ0v) is 21.0. The van der Waals surface area contributed by atoms with Crippen LogP contribution in [0.3, 0.4) is 0 Å². The monoisotopic (exact) mass is 518 g/mol.